The Morgan fingerprint density at radius 3 is 2.43 bits per heavy atom. The van der Waals surface area contributed by atoms with Gasteiger partial charge in [0, 0.05) is 18.7 Å². The van der Waals surface area contributed by atoms with Crippen LogP contribution in [0.3, 0.4) is 0 Å². The predicted molar refractivity (Wildman–Crippen MR) is 105 cm³/mol. The molecule has 1 fully saturated rings. The molecular weight excluding hydrogens is 380 g/mol. The first-order chi connectivity index (χ1) is 13.2. The number of sulfonamides is 1. The molecule has 8 nitrogen and oxygen atoms in total. The fraction of sp³-hybridized carbons (Fsp3) is 0.263. The monoisotopic (exact) mass is 402 g/mol. The average Bonchev–Trinajstić information content (AvgIpc) is 3.10. The number of aliphatic carboxylic acids is 1. The Labute approximate surface area is 163 Å². The number of nitrogen functional groups attached to an aromatic ring is 1. The molecule has 1 unspecified atom stereocenters. The van der Waals surface area contributed by atoms with Crippen molar-refractivity contribution in [3.63, 3.8) is 0 Å². The first kappa shape index (κ1) is 20.0. The minimum absolute atomic E-state index is 0.0848. The van der Waals surface area contributed by atoms with Crippen LogP contribution in [0.25, 0.3) is 11.1 Å². The van der Waals surface area contributed by atoms with Crippen molar-refractivity contribution in [3.05, 3.63) is 53.6 Å². The molecule has 0 aliphatic carbocycles. The lowest BCUT2D eigenvalue weighted by atomic mass is 9.98. The van der Waals surface area contributed by atoms with Gasteiger partial charge < -0.3 is 10.8 Å². The van der Waals surface area contributed by atoms with E-state index in [0.29, 0.717) is 30.6 Å². The van der Waals surface area contributed by atoms with E-state index in [-0.39, 0.29) is 22.2 Å². The van der Waals surface area contributed by atoms with Crippen LogP contribution in [0.1, 0.15) is 17.5 Å². The molecule has 0 aromatic heterocycles. The molecule has 0 spiro atoms. The highest BCUT2D eigenvalue weighted by Gasteiger charge is 2.27. The van der Waals surface area contributed by atoms with Gasteiger partial charge in [0.05, 0.1) is 10.8 Å². The van der Waals surface area contributed by atoms with Crippen LogP contribution in [0.15, 0.2) is 47.4 Å². The number of rotatable bonds is 6. The summed E-state index contributed by atoms with van der Waals surface area (Å²) in [5, 5.41) is 22.2. The topological polar surface area (TPSA) is 151 Å². The van der Waals surface area contributed by atoms with Crippen LogP contribution in [-0.4, -0.2) is 43.3 Å². The predicted octanol–water partition coefficient (Wildman–Crippen LogP) is 1.19. The summed E-state index contributed by atoms with van der Waals surface area (Å²) in [4.78, 5) is 13.0. The highest BCUT2D eigenvalue weighted by Crippen LogP contribution is 2.29. The summed E-state index contributed by atoms with van der Waals surface area (Å²) < 4.78 is 23.7. The molecule has 2 aromatic carbocycles. The van der Waals surface area contributed by atoms with Gasteiger partial charge in [0.1, 0.15) is 5.84 Å². The molecule has 3 rings (SSSR count). The third-order valence-corrected chi connectivity index (χ3v) is 5.85. The Bertz CT molecular complexity index is 1020. The van der Waals surface area contributed by atoms with Gasteiger partial charge in [-0.2, -0.15) is 0 Å². The zero-order valence-electron chi connectivity index (χ0n) is 15.1. The third-order valence-electron chi connectivity index (χ3n) is 4.89. The second-order valence-electron chi connectivity index (χ2n) is 6.89. The average molecular weight is 402 g/mol. The second kappa shape index (κ2) is 7.70. The van der Waals surface area contributed by atoms with Crippen molar-refractivity contribution in [1.82, 2.24) is 4.90 Å². The number of carboxylic acids is 1. The molecule has 1 atom stereocenters. The van der Waals surface area contributed by atoms with Crippen molar-refractivity contribution >= 4 is 21.8 Å². The lowest BCUT2D eigenvalue weighted by molar-refractivity contribution is -0.141. The summed E-state index contributed by atoms with van der Waals surface area (Å²) in [5.41, 5.74) is 7.96. The number of amidine groups is 1. The van der Waals surface area contributed by atoms with Crippen molar-refractivity contribution in [1.29, 1.82) is 5.41 Å². The summed E-state index contributed by atoms with van der Waals surface area (Å²) in [5.74, 6) is -1.46. The summed E-state index contributed by atoms with van der Waals surface area (Å²) in [6.45, 7) is 1.91. The number of nitrogens with one attached hydrogen (secondary N) is 1. The Hall–Kier alpha value is -2.75. The number of nitrogens with two attached hydrogens (primary N) is 2. The van der Waals surface area contributed by atoms with E-state index < -0.39 is 16.0 Å². The zero-order valence-corrected chi connectivity index (χ0v) is 15.9. The normalized spacial score (nSPS) is 17.5. The number of carboxylic acid groups (broad SMARTS) is 1. The quantitative estimate of drug-likeness (QED) is 0.421. The number of likely N-dealkylation sites (tertiary alicyclic amines) is 1. The fourth-order valence-corrected chi connectivity index (χ4v) is 4.29. The number of nitrogens with zero attached hydrogens (tertiary/aromatic N) is 1. The Balaban J connectivity index is 1.86. The molecule has 0 radical (unpaired) electrons. The zero-order chi connectivity index (χ0) is 20.5. The second-order valence-corrected chi connectivity index (χ2v) is 8.42. The van der Waals surface area contributed by atoms with Gasteiger partial charge in [-0.1, -0.05) is 36.4 Å². The van der Waals surface area contributed by atoms with E-state index in [4.69, 9.17) is 21.4 Å². The highest BCUT2D eigenvalue weighted by atomic mass is 32.2. The fourth-order valence-electron chi connectivity index (χ4n) is 3.51. The van der Waals surface area contributed by atoms with E-state index in [1.807, 2.05) is 24.3 Å². The van der Waals surface area contributed by atoms with Crippen LogP contribution in [0, 0.1) is 11.3 Å². The van der Waals surface area contributed by atoms with E-state index in [9.17, 15) is 13.2 Å². The Kier molecular flexibility index (Phi) is 5.50. The molecule has 0 bridgehead atoms. The maximum atomic E-state index is 11.8. The van der Waals surface area contributed by atoms with Crippen molar-refractivity contribution in [2.24, 2.45) is 16.8 Å². The molecule has 2 aromatic rings. The van der Waals surface area contributed by atoms with Crippen LogP contribution >= 0.6 is 0 Å². The van der Waals surface area contributed by atoms with Crippen LogP contribution in [0.2, 0.25) is 0 Å². The molecule has 1 saturated heterocycles. The lowest BCUT2D eigenvalue weighted by Gasteiger charge is -2.16. The molecule has 1 aliphatic heterocycles. The Morgan fingerprint density at radius 1 is 1.21 bits per heavy atom. The molecular formula is C19H22N4O4S. The highest BCUT2D eigenvalue weighted by molar-refractivity contribution is 7.89. The molecule has 6 N–H and O–H groups in total. The summed E-state index contributed by atoms with van der Waals surface area (Å²) >= 11 is 0. The molecule has 9 heteroatoms. The number of benzene rings is 2. The van der Waals surface area contributed by atoms with Crippen molar-refractivity contribution < 1.29 is 18.3 Å². The number of hydrogen-bond donors (Lipinski definition) is 4. The maximum Gasteiger partial charge on any atom is 0.307 e. The SMILES string of the molecule is N=C(N)c1c(-c2ccc(CN3CCC(C(=O)O)C3)cc2)cccc1S(N)(=O)=O. The molecule has 148 valence electrons. The smallest absolute Gasteiger partial charge is 0.307 e. The summed E-state index contributed by atoms with van der Waals surface area (Å²) in [6, 6.07) is 12.0. The van der Waals surface area contributed by atoms with E-state index in [0.717, 1.165) is 12.1 Å². The number of hydrogen-bond acceptors (Lipinski definition) is 5. The minimum atomic E-state index is -4.02. The van der Waals surface area contributed by atoms with Crippen molar-refractivity contribution in [2.75, 3.05) is 13.1 Å². The maximum absolute atomic E-state index is 11.8. The largest absolute Gasteiger partial charge is 0.481 e. The van der Waals surface area contributed by atoms with Crippen LogP contribution in [0.5, 0.6) is 0 Å². The first-order valence-electron chi connectivity index (χ1n) is 8.71. The van der Waals surface area contributed by atoms with E-state index >= 15 is 0 Å². The molecule has 1 aliphatic rings. The van der Waals surface area contributed by atoms with Crippen LogP contribution < -0.4 is 10.9 Å². The van der Waals surface area contributed by atoms with Crippen LogP contribution in [-0.2, 0) is 21.4 Å². The van der Waals surface area contributed by atoms with Gasteiger partial charge >= 0.3 is 5.97 Å². The first-order valence-corrected chi connectivity index (χ1v) is 10.3. The van der Waals surface area contributed by atoms with Gasteiger partial charge in [-0.05, 0) is 35.7 Å². The van der Waals surface area contributed by atoms with E-state index in [1.54, 1.807) is 12.1 Å². The summed E-state index contributed by atoms with van der Waals surface area (Å²) in [6.07, 6.45) is 0.649. The van der Waals surface area contributed by atoms with Crippen molar-refractivity contribution in [3.8, 4) is 11.1 Å². The van der Waals surface area contributed by atoms with Crippen LogP contribution in [0.4, 0.5) is 0 Å². The van der Waals surface area contributed by atoms with Crippen molar-refractivity contribution in [2.45, 2.75) is 17.9 Å². The Morgan fingerprint density at radius 2 is 1.89 bits per heavy atom. The minimum Gasteiger partial charge on any atom is -0.481 e. The molecule has 28 heavy (non-hydrogen) atoms. The van der Waals surface area contributed by atoms with E-state index in [2.05, 4.69) is 4.90 Å². The van der Waals surface area contributed by atoms with Gasteiger partial charge in [-0.15, -0.1) is 0 Å². The van der Waals surface area contributed by atoms with Gasteiger partial charge in [0.25, 0.3) is 0 Å². The molecule has 0 saturated carbocycles. The summed E-state index contributed by atoms with van der Waals surface area (Å²) in [7, 11) is -4.02. The van der Waals surface area contributed by atoms with Gasteiger partial charge in [-0.25, -0.2) is 13.6 Å². The number of primary sulfonamides is 1. The molecule has 1 heterocycles. The molecule has 0 amide bonds. The lowest BCUT2D eigenvalue weighted by Crippen LogP contribution is -2.22. The third kappa shape index (κ3) is 4.22. The number of carbonyl (C=O) groups is 1. The van der Waals surface area contributed by atoms with Gasteiger partial charge in [-0.3, -0.25) is 15.1 Å². The van der Waals surface area contributed by atoms with Gasteiger partial charge in [0.2, 0.25) is 10.0 Å². The standard InChI is InChI=1S/C19H22N4O4S/c20-18(21)17-15(2-1-3-16(17)28(22,26)27)13-6-4-12(5-7-13)10-23-9-8-14(11-23)19(24)25/h1-7,14H,8-11H2,(H3,20,21)(H,24,25)(H2,22,26,27). The van der Waals surface area contributed by atoms with Gasteiger partial charge in [0.15, 0.2) is 0 Å². The van der Waals surface area contributed by atoms with E-state index in [1.165, 1.54) is 6.07 Å².